The van der Waals surface area contributed by atoms with Crippen LogP contribution in [-0.4, -0.2) is 16.9 Å². The van der Waals surface area contributed by atoms with Crippen molar-refractivity contribution in [3.05, 3.63) is 66.4 Å². The van der Waals surface area contributed by atoms with Crippen LogP contribution in [-0.2, 0) is 0 Å². The van der Waals surface area contributed by atoms with Gasteiger partial charge in [-0.3, -0.25) is 9.78 Å². The second-order valence-corrected chi connectivity index (χ2v) is 6.81. The van der Waals surface area contributed by atoms with Crippen LogP contribution in [0.1, 0.15) is 42.5 Å². The summed E-state index contributed by atoms with van der Waals surface area (Å²) in [5, 5.41) is 4.30. The molecule has 0 bridgehead atoms. The van der Waals surface area contributed by atoms with E-state index in [1.807, 2.05) is 48.7 Å². The van der Waals surface area contributed by atoms with Crippen LogP contribution in [0.5, 0.6) is 0 Å². The van der Waals surface area contributed by atoms with E-state index in [1.165, 1.54) is 19.3 Å². The molecule has 0 saturated heterocycles. The summed E-state index contributed by atoms with van der Waals surface area (Å²) < 4.78 is 0. The van der Waals surface area contributed by atoms with Crippen molar-refractivity contribution >= 4 is 16.8 Å². The Morgan fingerprint density at radius 2 is 1.76 bits per heavy atom. The third-order valence-electron chi connectivity index (χ3n) is 4.99. The molecule has 3 heteroatoms. The number of aromatic nitrogens is 1. The lowest BCUT2D eigenvalue weighted by molar-refractivity contribution is 0.0928. The van der Waals surface area contributed by atoms with Gasteiger partial charge in [0.25, 0.3) is 5.91 Å². The van der Waals surface area contributed by atoms with Gasteiger partial charge in [-0.1, -0.05) is 49.6 Å². The van der Waals surface area contributed by atoms with Gasteiger partial charge in [-0.2, -0.15) is 0 Å². The Morgan fingerprint density at radius 1 is 0.920 bits per heavy atom. The van der Waals surface area contributed by atoms with Gasteiger partial charge in [0.2, 0.25) is 0 Å². The Kier molecular flexibility index (Phi) is 4.47. The van der Waals surface area contributed by atoms with Crippen LogP contribution in [0.15, 0.2) is 60.8 Å². The van der Waals surface area contributed by atoms with Gasteiger partial charge < -0.3 is 5.32 Å². The van der Waals surface area contributed by atoms with Crippen molar-refractivity contribution in [3.8, 4) is 11.1 Å². The lowest BCUT2D eigenvalue weighted by atomic mass is 9.95. The number of hydrogen-bond donors (Lipinski definition) is 1. The fourth-order valence-electron chi connectivity index (χ4n) is 3.58. The molecule has 1 N–H and O–H groups in total. The zero-order valence-electron chi connectivity index (χ0n) is 14.2. The number of carbonyl (C=O) groups is 1. The highest BCUT2D eigenvalue weighted by molar-refractivity contribution is 5.96. The molecule has 1 saturated carbocycles. The first-order valence-electron chi connectivity index (χ1n) is 9.06. The van der Waals surface area contributed by atoms with Crippen LogP contribution in [0.2, 0.25) is 0 Å². The summed E-state index contributed by atoms with van der Waals surface area (Å²) in [6.45, 7) is 0. The first-order valence-corrected chi connectivity index (χ1v) is 9.06. The van der Waals surface area contributed by atoms with Gasteiger partial charge >= 0.3 is 0 Å². The molecule has 25 heavy (non-hydrogen) atoms. The molecule has 1 aromatic heterocycles. The van der Waals surface area contributed by atoms with Gasteiger partial charge in [0, 0.05) is 28.8 Å². The van der Waals surface area contributed by atoms with Crippen molar-refractivity contribution < 1.29 is 4.79 Å². The van der Waals surface area contributed by atoms with E-state index in [1.54, 1.807) is 0 Å². The van der Waals surface area contributed by atoms with Crippen LogP contribution < -0.4 is 5.32 Å². The molecule has 3 aromatic rings. The highest BCUT2D eigenvalue weighted by Gasteiger charge is 2.16. The van der Waals surface area contributed by atoms with E-state index < -0.39 is 0 Å². The van der Waals surface area contributed by atoms with Crippen molar-refractivity contribution in [2.45, 2.75) is 38.1 Å². The molecule has 2 aromatic carbocycles. The van der Waals surface area contributed by atoms with Crippen molar-refractivity contribution in [3.63, 3.8) is 0 Å². The van der Waals surface area contributed by atoms with Crippen LogP contribution in [0.4, 0.5) is 0 Å². The molecule has 1 aliphatic carbocycles. The zero-order chi connectivity index (χ0) is 17.1. The molecule has 0 spiro atoms. The molecule has 1 amide bonds. The molecular formula is C22H22N2O. The maximum Gasteiger partial charge on any atom is 0.251 e. The molecule has 1 aliphatic rings. The highest BCUT2D eigenvalue weighted by atomic mass is 16.1. The quantitative estimate of drug-likeness (QED) is 0.737. The monoisotopic (exact) mass is 330 g/mol. The number of benzene rings is 2. The van der Waals surface area contributed by atoms with Crippen LogP contribution in [0.25, 0.3) is 22.0 Å². The lowest BCUT2D eigenvalue weighted by Gasteiger charge is -2.22. The average Bonchev–Trinajstić information content (AvgIpc) is 2.68. The Balaban J connectivity index is 1.58. The normalized spacial score (nSPS) is 15.2. The van der Waals surface area contributed by atoms with Crippen LogP contribution in [0, 0.1) is 0 Å². The van der Waals surface area contributed by atoms with Crippen molar-refractivity contribution in [1.82, 2.24) is 10.3 Å². The molecule has 0 radical (unpaired) electrons. The molecule has 0 unspecified atom stereocenters. The van der Waals surface area contributed by atoms with Crippen molar-refractivity contribution in [2.75, 3.05) is 0 Å². The predicted molar refractivity (Wildman–Crippen MR) is 102 cm³/mol. The fourth-order valence-corrected chi connectivity index (χ4v) is 3.58. The van der Waals surface area contributed by atoms with E-state index in [-0.39, 0.29) is 5.91 Å². The smallest absolute Gasteiger partial charge is 0.251 e. The van der Waals surface area contributed by atoms with E-state index in [9.17, 15) is 4.79 Å². The number of pyridine rings is 1. The van der Waals surface area contributed by atoms with Gasteiger partial charge in [-0.05, 0) is 42.7 Å². The maximum atomic E-state index is 12.6. The fraction of sp³-hybridized carbons (Fsp3) is 0.273. The van der Waals surface area contributed by atoms with Crippen LogP contribution in [0.3, 0.4) is 0 Å². The number of rotatable bonds is 3. The van der Waals surface area contributed by atoms with E-state index in [0.29, 0.717) is 6.04 Å². The van der Waals surface area contributed by atoms with E-state index in [2.05, 4.69) is 22.4 Å². The topological polar surface area (TPSA) is 42.0 Å². The number of carbonyl (C=O) groups excluding carboxylic acids is 1. The molecule has 0 aliphatic heterocycles. The molecular weight excluding hydrogens is 308 g/mol. The molecule has 4 rings (SSSR count). The Hall–Kier alpha value is -2.68. The molecule has 1 fully saturated rings. The van der Waals surface area contributed by atoms with E-state index >= 15 is 0 Å². The van der Waals surface area contributed by atoms with E-state index in [0.717, 1.165) is 40.4 Å². The minimum atomic E-state index is 0.0301. The van der Waals surface area contributed by atoms with Gasteiger partial charge in [0.1, 0.15) is 0 Å². The standard InChI is InChI=1S/C22H22N2O/c25-22(24-20-10-2-1-3-11-20)18-9-6-8-16(13-18)19-14-17-7-4-5-12-21(17)23-15-19/h4-9,12-15,20H,1-3,10-11H2,(H,24,25). The number of amides is 1. The molecule has 3 nitrogen and oxygen atoms in total. The summed E-state index contributed by atoms with van der Waals surface area (Å²) in [6.07, 6.45) is 7.79. The zero-order valence-corrected chi connectivity index (χ0v) is 14.2. The summed E-state index contributed by atoms with van der Waals surface area (Å²) in [5.41, 5.74) is 3.76. The third-order valence-corrected chi connectivity index (χ3v) is 4.99. The first kappa shape index (κ1) is 15.8. The Bertz CT molecular complexity index is 897. The maximum absolute atomic E-state index is 12.6. The number of para-hydroxylation sites is 1. The summed E-state index contributed by atoms with van der Waals surface area (Å²) in [4.78, 5) is 17.1. The Labute approximate surface area is 148 Å². The summed E-state index contributed by atoms with van der Waals surface area (Å²) in [6, 6.07) is 18.3. The summed E-state index contributed by atoms with van der Waals surface area (Å²) in [5.74, 6) is 0.0301. The third kappa shape index (κ3) is 3.55. The SMILES string of the molecule is O=C(NC1CCCCC1)c1cccc(-c2cnc3ccccc3c2)c1. The van der Waals surface area contributed by atoms with Gasteiger partial charge in [0.15, 0.2) is 0 Å². The predicted octanol–water partition coefficient (Wildman–Crippen LogP) is 4.96. The van der Waals surface area contributed by atoms with Gasteiger partial charge in [-0.15, -0.1) is 0 Å². The largest absolute Gasteiger partial charge is 0.349 e. The number of nitrogens with one attached hydrogen (secondary N) is 1. The second kappa shape index (κ2) is 7.06. The number of hydrogen-bond acceptors (Lipinski definition) is 2. The lowest BCUT2D eigenvalue weighted by Crippen LogP contribution is -2.36. The minimum Gasteiger partial charge on any atom is -0.349 e. The van der Waals surface area contributed by atoms with Gasteiger partial charge in [0.05, 0.1) is 5.52 Å². The summed E-state index contributed by atoms with van der Waals surface area (Å²) in [7, 11) is 0. The average molecular weight is 330 g/mol. The second-order valence-electron chi connectivity index (χ2n) is 6.81. The molecule has 1 heterocycles. The summed E-state index contributed by atoms with van der Waals surface area (Å²) >= 11 is 0. The van der Waals surface area contributed by atoms with E-state index in [4.69, 9.17) is 0 Å². The minimum absolute atomic E-state index is 0.0301. The van der Waals surface area contributed by atoms with Crippen molar-refractivity contribution in [2.24, 2.45) is 0 Å². The molecule has 126 valence electrons. The first-order chi connectivity index (χ1) is 12.3. The number of fused-ring (bicyclic) bond motifs is 1. The highest BCUT2D eigenvalue weighted by Crippen LogP contribution is 2.24. The molecule has 0 atom stereocenters. The Morgan fingerprint density at radius 3 is 2.64 bits per heavy atom. The number of nitrogens with zero attached hydrogens (tertiary/aromatic N) is 1. The van der Waals surface area contributed by atoms with Crippen molar-refractivity contribution in [1.29, 1.82) is 0 Å². The van der Waals surface area contributed by atoms with Crippen LogP contribution >= 0.6 is 0 Å². The van der Waals surface area contributed by atoms with Gasteiger partial charge in [-0.25, -0.2) is 0 Å².